The molecule has 13 heavy (non-hydrogen) atoms. The van der Waals surface area contributed by atoms with Gasteiger partial charge in [-0.15, -0.1) is 13.2 Å². The minimum absolute atomic E-state index is 0.103. The van der Waals surface area contributed by atoms with Crippen molar-refractivity contribution >= 4 is 0 Å². The zero-order valence-corrected chi connectivity index (χ0v) is 8.34. The maximum absolute atomic E-state index is 9.63. The van der Waals surface area contributed by atoms with Crippen molar-refractivity contribution < 1.29 is 5.11 Å². The minimum atomic E-state index is -0.103. The Kier molecular flexibility index (Phi) is 3.73. The van der Waals surface area contributed by atoms with Crippen molar-refractivity contribution in [1.29, 1.82) is 0 Å². The summed E-state index contributed by atoms with van der Waals surface area (Å²) in [5, 5.41) is 9.63. The average molecular weight is 180 g/mol. The van der Waals surface area contributed by atoms with Crippen molar-refractivity contribution in [2.24, 2.45) is 5.41 Å². The van der Waals surface area contributed by atoms with Gasteiger partial charge in [0.1, 0.15) is 0 Å². The topological polar surface area (TPSA) is 20.2 Å². The summed E-state index contributed by atoms with van der Waals surface area (Å²) in [4.78, 5) is 0. The quantitative estimate of drug-likeness (QED) is 0.659. The van der Waals surface area contributed by atoms with Gasteiger partial charge in [0.15, 0.2) is 0 Å². The second kappa shape index (κ2) is 4.61. The summed E-state index contributed by atoms with van der Waals surface area (Å²) in [5.41, 5.74) is 0.265. The maximum atomic E-state index is 9.63. The molecule has 0 aliphatic heterocycles. The van der Waals surface area contributed by atoms with Crippen molar-refractivity contribution in [1.82, 2.24) is 0 Å². The van der Waals surface area contributed by atoms with Crippen LogP contribution < -0.4 is 0 Å². The number of aliphatic hydroxyl groups is 1. The molecule has 1 rings (SSSR count). The highest BCUT2D eigenvalue weighted by atomic mass is 16.3. The molecule has 1 nitrogen and oxygen atoms in total. The first-order chi connectivity index (χ1) is 6.22. The largest absolute Gasteiger partial charge is 0.393 e. The minimum Gasteiger partial charge on any atom is -0.393 e. The molecule has 0 amide bonds. The Labute approximate surface area is 81.2 Å². The molecule has 1 heteroatoms. The zero-order chi connectivity index (χ0) is 9.73. The standard InChI is InChI=1S/C12H20O/c1-3-7-12(8-4-2)9-5-6-11(13)10-12/h3-4,11,13H,1-2,5-10H2. The predicted molar refractivity (Wildman–Crippen MR) is 56.5 cm³/mol. The van der Waals surface area contributed by atoms with E-state index in [-0.39, 0.29) is 11.5 Å². The molecule has 0 saturated heterocycles. The number of aliphatic hydroxyl groups excluding tert-OH is 1. The van der Waals surface area contributed by atoms with E-state index in [9.17, 15) is 5.11 Å². The lowest BCUT2D eigenvalue weighted by atomic mass is 9.69. The first-order valence-corrected chi connectivity index (χ1v) is 5.12. The van der Waals surface area contributed by atoms with Crippen LogP contribution >= 0.6 is 0 Å². The normalized spacial score (nSPS) is 26.7. The van der Waals surface area contributed by atoms with Crippen molar-refractivity contribution in [3.05, 3.63) is 25.3 Å². The number of allylic oxidation sites excluding steroid dienone is 2. The van der Waals surface area contributed by atoms with Crippen LogP contribution in [0.2, 0.25) is 0 Å². The van der Waals surface area contributed by atoms with E-state index in [1.165, 1.54) is 6.42 Å². The van der Waals surface area contributed by atoms with Gasteiger partial charge in [0.2, 0.25) is 0 Å². The lowest BCUT2D eigenvalue weighted by Gasteiger charge is -2.38. The van der Waals surface area contributed by atoms with Gasteiger partial charge in [-0.1, -0.05) is 18.6 Å². The van der Waals surface area contributed by atoms with Gasteiger partial charge in [0.05, 0.1) is 6.10 Å². The van der Waals surface area contributed by atoms with Crippen molar-refractivity contribution in [2.45, 2.75) is 44.6 Å². The molecule has 0 aromatic rings. The third-order valence-electron chi connectivity index (χ3n) is 3.07. The lowest BCUT2D eigenvalue weighted by Crippen LogP contribution is -2.30. The molecule has 0 aromatic heterocycles. The highest BCUT2D eigenvalue weighted by Gasteiger charge is 2.33. The van der Waals surface area contributed by atoms with Gasteiger partial charge in [-0.05, 0) is 37.5 Å². The van der Waals surface area contributed by atoms with Gasteiger partial charge in [-0.2, -0.15) is 0 Å². The monoisotopic (exact) mass is 180 g/mol. The molecule has 0 radical (unpaired) electrons. The van der Waals surface area contributed by atoms with E-state index in [1.54, 1.807) is 0 Å². The fourth-order valence-electron chi connectivity index (χ4n) is 2.48. The summed E-state index contributed by atoms with van der Waals surface area (Å²) in [6.45, 7) is 7.58. The van der Waals surface area contributed by atoms with Crippen LogP contribution in [0.5, 0.6) is 0 Å². The molecule has 1 N–H and O–H groups in total. The van der Waals surface area contributed by atoms with Gasteiger partial charge < -0.3 is 5.11 Å². The summed E-state index contributed by atoms with van der Waals surface area (Å²) in [7, 11) is 0. The molecule has 0 bridgehead atoms. The SMILES string of the molecule is C=CCC1(CC=C)CCCC(O)C1. The molecule has 0 spiro atoms. The third-order valence-corrected chi connectivity index (χ3v) is 3.07. The Morgan fingerprint density at radius 2 is 1.92 bits per heavy atom. The summed E-state index contributed by atoms with van der Waals surface area (Å²) in [5.74, 6) is 0. The van der Waals surface area contributed by atoms with Gasteiger partial charge in [0, 0.05) is 0 Å². The first-order valence-electron chi connectivity index (χ1n) is 5.12. The van der Waals surface area contributed by atoms with Crippen LogP contribution in [0.3, 0.4) is 0 Å². The zero-order valence-electron chi connectivity index (χ0n) is 8.34. The lowest BCUT2D eigenvalue weighted by molar-refractivity contribution is 0.0494. The fraction of sp³-hybridized carbons (Fsp3) is 0.667. The molecular weight excluding hydrogens is 160 g/mol. The van der Waals surface area contributed by atoms with Crippen molar-refractivity contribution in [2.75, 3.05) is 0 Å². The Morgan fingerprint density at radius 3 is 2.38 bits per heavy atom. The summed E-state index contributed by atoms with van der Waals surface area (Å²) >= 11 is 0. The predicted octanol–water partition coefficient (Wildman–Crippen LogP) is 3.06. The second-order valence-electron chi connectivity index (χ2n) is 4.24. The van der Waals surface area contributed by atoms with Crippen LogP contribution in [-0.2, 0) is 0 Å². The van der Waals surface area contributed by atoms with E-state index in [1.807, 2.05) is 12.2 Å². The average Bonchev–Trinajstić information content (AvgIpc) is 2.04. The number of hydrogen-bond acceptors (Lipinski definition) is 1. The first kappa shape index (κ1) is 10.5. The van der Waals surface area contributed by atoms with Crippen LogP contribution in [-0.4, -0.2) is 11.2 Å². The maximum Gasteiger partial charge on any atom is 0.0545 e. The molecule has 0 heterocycles. The van der Waals surface area contributed by atoms with Crippen LogP contribution in [0.15, 0.2) is 25.3 Å². The van der Waals surface area contributed by atoms with E-state index in [0.717, 1.165) is 32.1 Å². The van der Waals surface area contributed by atoms with E-state index in [4.69, 9.17) is 0 Å². The number of hydrogen-bond donors (Lipinski definition) is 1. The van der Waals surface area contributed by atoms with Gasteiger partial charge in [-0.3, -0.25) is 0 Å². The third kappa shape index (κ3) is 2.70. The molecule has 1 saturated carbocycles. The van der Waals surface area contributed by atoms with Crippen molar-refractivity contribution in [3.8, 4) is 0 Å². The molecule has 74 valence electrons. The van der Waals surface area contributed by atoms with Crippen LogP contribution in [0.4, 0.5) is 0 Å². The van der Waals surface area contributed by atoms with E-state index in [2.05, 4.69) is 13.2 Å². The molecule has 1 atom stereocenters. The van der Waals surface area contributed by atoms with Gasteiger partial charge in [0.25, 0.3) is 0 Å². The van der Waals surface area contributed by atoms with Gasteiger partial charge >= 0.3 is 0 Å². The van der Waals surface area contributed by atoms with E-state index < -0.39 is 0 Å². The molecule has 1 aliphatic carbocycles. The molecular formula is C12H20O. The van der Waals surface area contributed by atoms with Crippen LogP contribution in [0.1, 0.15) is 38.5 Å². The molecule has 1 aliphatic rings. The smallest absolute Gasteiger partial charge is 0.0545 e. The van der Waals surface area contributed by atoms with Gasteiger partial charge in [-0.25, -0.2) is 0 Å². The summed E-state index contributed by atoms with van der Waals surface area (Å²) < 4.78 is 0. The highest BCUT2D eigenvalue weighted by molar-refractivity contribution is 4.95. The Bertz CT molecular complexity index is 174. The van der Waals surface area contributed by atoms with Crippen molar-refractivity contribution in [3.63, 3.8) is 0 Å². The van der Waals surface area contributed by atoms with Crippen LogP contribution in [0, 0.1) is 5.41 Å². The summed E-state index contributed by atoms with van der Waals surface area (Å²) in [6.07, 6.45) is 10.1. The molecule has 1 fully saturated rings. The Balaban J connectivity index is 2.63. The Hall–Kier alpha value is -0.560. The molecule has 1 unspecified atom stereocenters. The molecule has 0 aromatic carbocycles. The van der Waals surface area contributed by atoms with E-state index >= 15 is 0 Å². The van der Waals surface area contributed by atoms with Crippen LogP contribution in [0.25, 0.3) is 0 Å². The van der Waals surface area contributed by atoms with E-state index in [0.29, 0.717) is 0 Å². The fourth-order valence-corrected chi connectivity index (χ4v) is 2.48. The second-order valence-corrected chi connectivity index (χ2v) is 4.24. The highest BCUT2D eigenvalue weighted by Crippen LogP contribution is 2.42. The number of rotatable bonds is 4. The summed E-state index contributed by atoms with van der Waals surface area (Å²) in [6, 6.07) is 0. The Morgan fingerprint density at radius 1 is 1.31 bits per heavy atom.